The van der Waals surface area contributed by atoms with Gasteiger partial charge in [0.2, 0.25) is 6.79 Å². The van der Waals surface area contributed by atoms with Crippen molar-refractivity contribution in [2.45, 2.75) is 0 Å². The lowest BCUT2D eigenvalue weighted by Crippen LogP contribution is -1.92. The van der Waals surface area contributed by atoms with E-state index in [2.05, 4.69) is 0 Å². The molecule has 2 N–H and O–H groups in total. The Hall–Kier alpha value is -1.45. The number of nitrogen functional groups attached to an aromatic ring is 1. The van der Waals surface area contributed by atoms with E-state index < -0.39 is 5.82 Å². The van der Waals surface area contributed by atoms with Crippen LogP contribution in [0.25, 0.3) is 0 Å². The highest BCUT2D eigenvalue weighted by Gasteiger charge is 2.15. The van der Waals surface area contributed by atoms with E-state index in [0.29, 0.717) is 11.5 Å². The molecule has 0 spiro atoms. The molecule has 4 heteroatoms. The smallest absolute Gasteiger partial charge is 0.231 e. The largest absolute Gasteiger partial charge is 0.454 e. The van der Waals surface area contributed by atoms with Gasteiger partial charge in [0.1, 0.15) is 5.82 Å². The number of hydrogen-bond donors (Lipinski definition) is 1. The molecule has 11 heavy (non-hydrogen) atoms. The van der Waals surface area contributed by atoms with E-state index in [0.717, 1.165) is 0 Å². The highest BCUT2D eigenvalue weighted by Crippen LogP contribution is 2.34. The maximum Gasteiger partial charge on any atom is 0.231 e. The predicted molar refractivity (Wildman–Crippen MR) is 36.9 cm³/mol. The molecule has 1 aliphatic rings. The predicted octanol–water partition coefficient (Wildman–Crippen LogP) is 1.14. The monoisotopic (exact) mass is 155 g/mol. The molecule has 3 nitrogen and oxygen atoms in total. The van der Waals surface area contributed by atoms with E-state index in [1.165, 1.54) is 12.1 Å². The molecule has 1 heterocycles. The van der Waals surface area contributed by atoms with Crippen molar-refractivity contribution in [1.82, 2.24) is 0 Å². The molecule has 0 amide bonds. The van der Waals surface area contributed by atoms with Crippen LogP contribution in [0, 0.1) is 5.82 Å². The molecule has 1 aliphatic heterocycles. The van der Waals surface area contributed by atoms with Gasteiger partial charge in [0, 0.05) is 12.1 Å². The van der Waals surface area contributed by atoms with E-state index in [9.17, 15) is 4.39 Å². The lowest BCUT2D eigenvalue weighted by Gasteiger charge is -1.97. The fourth-order valence-electron chi connectivity index (χ4n) is 0.933. The van der Waals surface area contributed by atoms with Crippen molar-refractivity contribution in [3.8, 4) is 11.5 Å². The average Bonchev–Trinajstić information content (AvgIpc) is 2.36. The molecule has 1 aromatic rings. The fourth-order valence-corrected chi connectivity index (χ4v) is 0.933. The molecule has 0 fully saturated rings. The van der Waals surface area contributed by atoms with Gasteiger partial charge >= 0.3 is 0 Å². The minimum absolute atomic E-state index is 0.0780. The van der Waals surface area contributed by atoms with Gasteiger partial charge in [-0.2, -0.15) is 0 Å². The third kappa shape index (κ3) is 0.869. The maximum atomic E-state index is 12.7. The summed E-state index contributed by atoms with van der Waals surface area (Å²) in [7, 11) is 0. The van der Waals surface area contributed by atoms with Gasteiger partial charge in [0.05, 0.1) is 5.69 Å². The Labute approximate surface area is 62.5 Å². The second-order valence-corrected chi connectivity index (χ2v) is 2.23. The van der Waals surface area contributed by atoms with Crippen LogP contribution in [0.1, 0.15) is 0 Å². The van der Waals surface area contributed by atoms with Crippen LogP contribution in [0.15, 0.2) is 12.1 Å². The lowest BCUT2D eigenvalue weighted by molar-refractivity contribution is 0.174. The average molecular weight is 155 g/mol. The maximum absolute atomic E-state index is 12.7. The Balaban J connectivity index is 2.57. The minimum Gasteiger partial charge on any atom is -0.454 e. The number of hydrogen-bond acceptors (Lipinski definition) is 3. The summed E-state index contributed by atoms with van der Waals surface area (Å²) in [5.41, 5.74) is 5.36. The first-order valence-corrected chi connectivity index (χ1v) is 3.12. The number of ether oxygens (including phenoxy) is 2. The Morgan fingerprint density at radius 2 is 1.91 bits per heavy atom. The van der Waals surface area contributed by atoms with Crippen LogP contribution in [0.2, 0.25) is 0 Å². The topological polar surface area (TPSA) is 44.5 Å². The van der Waals surface area contributed by atoms with Crippen LogP contribution >= 0.6 is 0 Å². The zero-order chi connectivity index (χ0) is 7.84. The van der Waals surface area contributed by atoms with E-state index in [1.807, 2.05) is 0 Å². The van der Waals surface area contributed by atoms with Crippen molar-refractivity contribution in [2.75, 3.05) is 12.5 Å². The summed E-state index contributed by atoms with van der Waals surface area (Å²) in [5.74, 6) is 0.440. The molecular formula is C7H6FNO2. The van der Waals surface area contributed by atoms with Gasteiger partial charge in [-0.1, -0.05) is 0 Å². The first-order chi connectivity index (χ1) is 5.27. The Morgan fingerprint density at radius 3 is 2.64 bits per heavy atom. The number of anilines is 1. The van der Waals surface area contributed by atoms with Crippen molar-refractivity contribution in [3.63, 3.8) is 0 Å². The number of fused-ring (bicyclic) bond motifs is 1. The van der Waals surface area contributed by atoms with E-state index in [-0.39, 0.29) is 12.5 Å². The Kier molecular flexibility index (Phi) is 1.15. The van der Waals surface area contributed by atoms with Crippen molar-refractivity contribution in [1.29, 1.82) is 0 Å². The van der Waals surface area contributed by atoms with Gasteiger partial charge in [-0.25, -0.2) is 4.39 Å². The van der Waals surface area contributed by atoms with Crippen LogP contribution < -0.4 is 15.2 Å². The number of halogens is 1. The molecule has 1 aromatic carbocycles. The highest BCUT2D eigenvalue weighted by molar-refractivity contribution is 5.53. The molecule has 0 saturated heterocycles. The minimum atomic E-state index is -0.478. The summed E-state index contributed by atoms with van der Waals surface area (Å²) in [6.45, 7) is 0.137. The molecule has 0 aromatic heterocycles. The molecule has 0 bridgehead atoms. The molecule has 0 atom stereocenters. The number of benzene rings is 1. The first kappa shape index (κ1) is 6.27. The van der Waals surface area contributed by atoms with Gasteiger partial charge in [-0.3, -0.25) is 0 Å². The number of nitrogens with two attached hydrogens (primary N) is 1. The summed E-state index contributed by atoms with van der Waals surface area (Å²) < 4.78 is 22.6. The van der Waals surface area contributed by atoms with Crippen molar-refractivity contribution >= 4 is 5.69 Å². The first-order valence-electron chi connectivity index (χ1n) is 3.12. The summed E-state index contributed by atoms with van der Waals surface area (Å²) in [6.07, 6.45) is 0. The molecule has 2 rings (SSSR count). The lowest BCUT2D eigenvalue weighted by atomic mass is 10.3. The summed E-state index contributed by atoms with van der Waals surface area (Å²) in [6, 6.07) is 2.63. The van der Waals surface area contributed by atoms with E-state index in [4.69, 9.17) is 15.2 Å². The second-order valence-electron chi connectivity index (χ2n) is 2.23. The van der Waals surface area contributed by atoms with Gasteiger partial charge in [0.15, 0.2) is 11.5 Å². The quantitative estimate of drug-likeness (QED) is 0.571. The third-order valence-corrected chi connectivity index (χ3v) is 1.49. The standard InChI is InChI=1S/C7H6FNO2/c8-4-1-6-7(2-5(4)9)11-3-10-6/h1-2H,3,9H2. The SMILES string of the molecule is Nc1cc2c(cc1F)OCO2. The molecule has 58 valence electrons. The van der Waals surface area contributed by atoms with Crippen LogP contribution in [0.3, 0.4) is 0 Å². The number of rotatable bonds is 0. The Bertz CT molecular complexity index is 272. The van der Waals surface area contributed by atoms with Crippen molar-refractivity contribution in [3.05, 3.63) is 17.9 Å². The summed E-state index contributed by atoms with van der Waals surface area (Å²) in [4.78, 5) is 0. The van der Waals surface area contributed by atoms with Crippen LogP contribution in [0.4, 0.5) is 10.1 Å². The highest BCUT2D eigenvalue weighted by atomic mass is 19.1. The normalized spacial score (nSPS) is 13.5. The van der Waals surface area contributed by atoms with Gasteiger partial charge in [0.25, 0.3) is 0 Å². The molecule has 0 aliphatic carbocycles. The zero-order valence-corrected chi connectivity index (χ0v) is 5.63. The fraction of sp³-hybridized carbons (Fsp3) is 0.143. The van der Waals surface area contributed by atoms with Crippen molar-refractivity contribution in [2.24, 2.45) is 0 Å². The van der Waals surface area contributed by atoms with E-state index >= 15 is 0 Å². The van der Waals surface area contributed by atoms with Crippen LogP contribution in [0.5, 0.6) is 11.5 Å². The second kappa shape index (κ2) is 2.02. The molecular weight excluding hydrogens is 149 g/mol. The van der Waals surface area contributed by atoms with Gasteiger partial charge in [-0.05, 0) is 0 Å². The summed E-state index contributed by atoms with van der Waals surface area (Å²) in [5, 5.41) is 0. The zero-order valence-electron chi connectivity index (χ0n) is 5.63. The summed E-state index contributed by atoms with van der Waals surface area (Å²) >= 11 is 0. The van der Waals surface area contributed by atoms with Crippen molar-refractivity contribution < 1.29 is 13.9 Å². The molecule has 0 unspecified atom stereocenters. The van der Waals surface area contributed by atoms with Crippen LogP contribution in [-0.4, -0.2) is 6.79 Å². The van der Waals surface area contributed by atoms with E-state index in [1.54, 1.807) is 0 Å². The molecule has 0 radical (unpaired) electrons. The molecule has 0 saturated carbocycles. The Morgan fingerprint density at radius 1 is 1.27 bits per heavy atom. The van der Waals surface area contributed by atoms with Crippen LogP contribution in [-0.2, 0) is 0 Å². The van der Waals surface area contributed by atoms with Gasteiger partial charge < -0.3 is 15.2 Å². The third-order valence-electron chi connectivity index (χ3n) is 1.49. The van der Waals surface area contributed by atoms with Gasteiger partial charge in [-0.15, -0.1) is 0 Å².